The van der Waals surface area contributed by atoms with Crippen LogP contribution in [0.25, 0.3) is 0 Å². The Labute approximate surface area is 77.7 Å². The molecular formula is C8H17NO2S. The first kappa shape index (κ1) is 11.8. The van der Waals surface area contributed by atoms with Crippen LogP contribution >= 0.6 is 11.8 Å². The summed E-state index contributed by atoms with van der Waals surface area (Å²) in [4.78, 5) is 10.1. The molecule has 0 aliphatic carbocycles. The van der Waals surface area contributed by atoms with E-state index in [1.54, 1.807) is 11.8 Å². The second-order valence-electron chi connectivity index (χ2n) is 2.76. The number of carboxylic acids is 1. The smallest absolute Gasteiger partial charge is 0.303 e. The predicted octanol–water partition coefficient (Wildman–Crippen LogP) is 1.32. The van der Waals surface area contributed by atoms with Gasteiger partial charge in [-0.2, -0.15) is 11.8 Å². The van der Waals surface area contributed by atoms with Crippen molar-refractivity contribution < 1.29 is 9.90 Å². The highest BCUT2D eigenvalue weighted by atomic mass is 32.2. The molecule has 3 nitrogen and oxygen atoms in total. The molecule has 0 aliphatic heterocycles. The maximum Gasteiger partial charge on any atom is 0.303 e. The highest BCUT2D eigenvalue weighted by Gasteiger charge is 2.01. The maximum atomic E-state index is 10.1. The van der Waals surface area contributed by atoms with Crippen molar-refractivity contribution in [3.8, 4) is 0 Å². The quantitative estimate of drug-likeness (QED) is 0.596. The predicted molar refractivity (Wildman–Crippen MR) is 52.5 cm³/mol. The molecule has 1 atom stereocenters. The zero-order chi connectivity index (χ0) is 9.40. The van der Waals surface area contributed by atoms with Crippen molar-refractivity contribution in [2.75, 3.05) is 12.3 Å². The van der Waals surface area contributed by atoms with Gasteiger partial charge in [0, 0.05) is 11.7 Å². The number of carbonyl (C=O) groups is 1. The Balaban J connectivity index is 3.13. The fraction of sp³-hybridized carbons (Fsp3) is 0.875. The number of nitrogens with two attached hydrogens (primary N) is 1. The van der Waals surface area contributed by atoms with E-state index in [2.05, 4.69) is 6.92 Å². The van der Waals surface area contributed by atoms with Crippen LogP contribution in [0.5, 0.6) is 0 Å². The number of thioether (sulfide) groups is 1. The van der Waals surface area contributed by atoms with Gasteiger partial charge in [-0.25, -0.2) is 0 Å². The lowest BCUT2D eigenvalue weighted by Gasteiger charge is -2.07. The molecule has 0 rings (SSSR count). The van der Waals surface area contributed by atoms with Crippen molar-refractivity contribution in [1.82, 2.24) is 0 Å². The van der Waals surface area contributed by atoms with Crippen LogP contribution in [0.15, 0.2) is 0 Å². The van der Waals surface area contributed by atoms with Crippen LogP contribution in [-0.4, -0.2) is 28.6 Å². The fourth-order valence-electron chi connectivity index (χ4n) is 0.826. The van der Waals surface area contributed by atoms with E-state index in [1.807, 2.05) is 0 Å². The Morgan fingerprint density at radius 3 is 2.83 bits per heavy atom. The Morgan fingerprint density at radius 1 is 1.67 bits per heavy atom. The minimum Gasteiger partial charge on any atom is -0.481 e. The Morgan fingerprint density at radius 2 is 2.33 bits per heavy atom. The number of carboxylic acid groups (broad SMARTS) is 1. The first-order chi connectivity index (χ1) is 5.66. The molecule has 0 aromatic rings. The first-order valence-electron chi connectivity index (χ1n) is 4.20. The summed E-state index contributed by atoms with van der Waals surface area (Å²) < 4.78 is 0. The van der Waals surface area contributed by atoms with Gasteiger partial charge in [0.05, 0.1) is 0 Å². The van der Waals surface area contributed by atoms with Crippen molar-refractivity contribution in [2.24, 2.45) is 5.73 Å². The minimum atomic E-state index is -0.706. The summed E-state index contributed by atoms with van der Waals surface area (Å²) in [6.07, 6.45) is 2.05. The van der Waals surface area contributed by atoms with Crippen LogP contribution in [0.3, 0.4) is 0 Å². The third-order valence-corrected chi connectivity index (χ3v) is 2.84. The average molecular weight is 191 g/mol. The van der Waals surface area contributed by atoms with Crippen molar-refractivity contribution in [1.29, 1.82) is 0 Å². The van der Waals surface area contributed by atoms with Crippen LogP contribution in [0, 0.1) is 0 Å². The minimum absolute atomic E-state index is 0.280. The monoisotopic (exact) mass is 191 g/mol. The zero-order valence-electron chi connectivity index (χ0n) is 7.45. The molecule has 0 radical (unpaired) electrons. The molecule has 3 N–H and O–H groups in total. The van der Waals surface area contributed by atoms with Gasteiger partial charge in [0.15, 0.2) is 0 Å². The molecular weight excluding hydrogens is 174 g/mol. The van der Waals surface area contributed by atoms with Crippen LogP contribution in [-0.2, 0) is 4.79 Å². The van der Waals surface area contributed by atoms with E-state index in [1.165, 1.54) is 0 Å². The van der Waals surface area contributed by atoms with Gasteiger partial charge in [-0.15, -0.1) is 0 Å². The molecule has 1 unspecified atom stereocenters. The van der Waals surface area contributed by atoms with Crippen LogP contribution < -0.4 is 5.73 Å². The van der Waals surface area contributed by atoms with Gasteiger partial charge in [-0.1, -0.05) is 6.92 Å². The van der Waals surface area contributed by atoms with E-state index in [0.29, 0.717) is 11.8 Å². The number of aliphatic carboxylic acids is 1. The van der Waals surface area contributed by atoms with E-state index in [0.717, 1.165) is 18.6 Å². The third-order valence-electron chi connectivity index (χ3n) is 1.51. The molecule has 0 heterocycles. The molecule has 0 aromatic carbocycles. The SMILES string of the molecule is CC(CCN)SCCCC(=O)O. The van der Waals surface area contributed by atoms with E-state index in [4.69, 9.17) is 10.8 Å². The maximum absolute atomic E-state index is 10.1. The molecule has 4 heteroatoms. The topological polar surface area (TPSA) is 63.3 Å². The molecule has 0 saturated carbocycles. The normalized spacial score (nSPS) is 12.8. The highest BCUT2D eigenvalue weighted by molar-refractivity contribution is 7.99. The lowest BCUT2D eigenvalue weighted by molar-refractivity contribution is -0.137. The number of hydrogen-bond donors (Lipinski definition) is 2. The standard InChI is InChI=1S/C8H17NO2S/c1-7(4-5-9)12-6-2-3-8(10)11/h7H,2-6,9H2,1H3,(H,10,11). The van der Waals surface area contributed by atoms with Gasteiger partial charge in [-0.3, -0.25) is 4.79 Å². The highest BCUT2D eigenvalue weighted by Crippen LogP contribution is 2.14. The summed E-state index contributed by atoms with van der Waals surface area (Å²) in [5.41, 5.74) is 5.37. The molecule has 0 aromatic heterocycles. The molecule has 0 fully saturated rings. The summed E-state index contributed by atoms with van der Waals surface area (Å²) in [5, 5.41) is 8.91. The summed E-state index contributed by atoms with van der Waals surface area (Å²) in [6, 6.07) is 0. The van der Waals surface area contributed by atoms with Gasteiger partial charge in [0.2, 0.25) is 0 Å². The summed E-state index contributed by atoms with van der Waals surface area (Å²) in [6.45, 7) is 2.84. The second-order valence-corrected chi connectivity index (χ2v) is 4.30. The van der Waals surface area contributed by atoms with Crippen LogP contribution in [0.2, 0.25) is 0 Å². The van der Waals surface area contributed by atoms with Crippen molar-refractivity contribution >= 4 is 17.7 Å². The molecule has 0 bridgehead atoms. The lowest BCUT2D eigenvalue weighted by atomic mass is 10.3. The van der Waals surface area contributed by atoms with Crippen LogP contribution in [0.4, 0.5) is 0 Å². The van der Waals surface area contributed by atoms with E-state index >= 15 is 0 Å². The Kier molecular flexibility index (Phi) is 7.29. The van der Waals surface area contributed by atoms with Crippen molar-refractivity contribution in [3.05, 3.63) is 0 Å². The second kappa shape index (κ2) is 7.43. The van der Waals surface area contributed by atoms with Gasteiger partial charge < -0.3 is 10.8 Å². The molecule has 12 heavy (non-hydrogen) atoms. The van der Waals surface area contributed by atoms with Gasteiger partial charge >= 0.3 is 5.97 Å². The first-order valence-corrected chi connectivity index (χ1v) is 5.25. The number of hydrogen-bond acceptors (Lipinski definition) is 3. The Hall–Kier alpha value is -0.220. The average Bonchev–Trinajstić information content (AvgIpc) is 1.98. The van der Waals surface area contributed by atoms with Crippen LogP contribution in [0.1, 0.15) is 26.2 Å². The third kappa shape index (κ3) is 7.88. The summed E-state index contributed by atoms with van der Waals surface area (Å²) in [7, 11) is 0. The fourth-order valence-corrected chi connectivity index (χ4v) is 1.84. The van der Waals surface area contributed by atoms with E-state index in [-0.39, 0.29) is 6.42 Å². The molecule has 0 aliphatic rings. The van der Waals surface area contributed by atoms with Gasteiger partial charge in [-0.05, 0) is 25.1 Å². The summed E-state index contributed by atoms with van der Waals surface area (Å²) >= 11 is 1.80. The van der Waals surface area contributed by atoms with Crippen molar-refractivity contribution in [3.63, 3.8) is 0 Å². The Bertz CT molecular complexity index is 130. The largest absolute Gasteiger partial charge is 0.481 e. The molecule has 0 amide bonds. The summed E-state index contributed by atoms with van der Waals surface area (Å²) in [5.74, 6) is 0.218. The van der Waals surface area contributed by atoms with Gasteiger partial charge in [0.25, 0.3) is 0 Å². The van der Waals surface area contributed by atoms with E-state index in [9.17, 15) is 4.79 Å². The molecule has 72 valence electrons. The van der Waals surface area contributed by atoms with Crippen molar-refractivity contribution in [2.45, 2.75) is 31.4 Å². The molecule has 0 saturated heterocycles. The van der Waals surface area contributed by atoms with E-state index < -0.39 is 5.97 Å². The lowest BCUT2D eigenvalue weighted by Crippen LogP contribution is -2.07. The molecule has 0 spiro atoms. The van der Waals surface area contributed by atoms with Gasteiger partial charge in [0.1, 0.15) is 0 Å². The zero-order valence-corrected chi connectivity index (χ0v) is 8.27. The number of rotatable bonds is 7.